The average molecular weight is 460 g/mol. The predicted octanol–water partition coefficient (Wildman–Crippen LogP) is 3.62. The monoisotopic (exact) mass is 459 g/mol. The highest BCUT2D eigenvalue weighted by Gasteiger charge is 2.43. The highest BCUT2D eigenvalue weighted by atomic mass is 32.2. The van der Waals surface area contributed by atoms with Crippen LogP contribution in [-0.4, -0.2) is 29.2 Å². The Morgan fingerprint density at radius 3 is 1.85 bits per heavy atom. The fraction of sp³-hybridized carbons (Fsp3) is 0.154. The van der Waals surface area contributed by atoms with Crippen molar-refractivity contribution in [2.24, 2.45) is 0 Å². The molecule has 0 aliphatic carbocycles. The predicted molar refractivity (Wildman–Crippen MR) is 128 cm³/mol. The minimum absolute atomic E-state index is 0.115. The number of benzene rings is 2. The van der Waals surface area contributed by atoms with Gasteiger partial charge in [0.1, 0.15) is 5.60 Å². The molecule has 0 radical (unpaired) electrons. The van der Waals surface area contributed by atoms with Crippen LogP contribution < -0.4 is 4.72 Å². The minimum atomic E-state index is -3.78. The third-order valence-corrected chi connectivity index (χ3v) is 6.89. The van der Waals surface area contributed by atoms with E-state index in [9.17, 15) is 13.5 Å². The summed E-state index contributed by atoms with van der Waals surface area (Å²) in [6.07, 6.45) is 6.65. The highest BCUT2D eigenvalue weighted by Crippen LogP contribution is 2.41. The van der Waals surface area contributed by atoms with Crippen LogP contribution in [0.4, 0.5) is 0 Å². The van der Waals surface area contributed by atoms with Crippen LogP contribution in [0, 0.1) is 0 Å². The van der Waals surface area contributed by atoms with Crippen molar-refractivity contribution in [2.75, 3.05) is 5.75 Å². The van der Waals surface area contributed by atoms with Gasteiger partial charge in [0.25, 0.3) is 0 Å². The molecule has 4 rings (SSSR count). The van der Waals surface area contributed by atoms with E-state index in [1.165, 1.54) is 0 Å². The van der Waals surface area contributed by atoms with Crippen LogP contribution in [0.2, 0.25) is 0 Å². The van der Waals surface area contributed by atoms with Crippen molar-refractivity contribution in [3.05, 3.63) is 132 Å². The van der Waals surface area contributed by atoms with Gasteiger partial charge in [-0.25, -0.2) is 13.1 Å². The van der Waals surface area contributed by atoms with E-state index < -0.39 is 21.7 Å². The lowest BCUT2D eigenvalue weighted by Gasteiger charge is -2.37. The third-order valence-electron chi connectivity index (χ3n) is 5.55. The number of pyridine rings is 2. The molecule has 1 atom stereocenters. The molecule has 0 spiro atoms. The molecule has 4 aromatic rings. The number of hydrogen-bond acceptors (Lipinski definition) is 5. The molecule has 6 nitrogen and oxygen atoms in total. The van der Waals surface area contributed by atoms with Crippen molar-refractivity contribution in [3.63, 3.8) is 0 Å². The maximum atomic E-state index is 13.2. The molecule has 0 aliphatic rings. The van der Waals surface area contributed by atoms with Crippen molar-refractivity contribution in [3.8, 4) is 0 Å². The van der Waals surface area contributed by atoms with Gasteiger partial charge in [-0.2, -0.15) is 0 Å². The fourth-order valence-corrected chi connectivity index (χ4v) is 5.14. The molecule has 33 heavy (non-hydrogen) atoms. The van der Waals surface area contributed by atoms with E-state index in [2.05, 4.69) is 14.7 Å². The zero-order valence-electron chi connectivity index (χ0n) is 18.0. The molecule has 2 heterocycles. The molecule has 2 aromatic carbocycles. The van der Waals surface area contributed by atoms with Gasteiger partial charge in [-0.15, -0.1) is 0 Å². The largest absolute Gasteiger partial charge is 0.378 e. The zero-order chi connectivity index (χ0) is 23.2. The Morgan fingerprint density at radius 1 is 0.788 bits per heavy atom. The topological polar surface area (TPSA) is 92.2 Å². The molecule has 0 amide bonds. The summed E-state index contributed by atoms with van der Waals surface area (Å²) < 4.78 is 29.3. The van der Waals surface area contributed by atoms with Crippen LogP contribution in [0.25, 0.3) is 0 Å². The maximum absolute atomic E-state index is 13.2. The van der Waals surface area contributed by atoms with Crippen LogP contribution in [0.5, 0.6) is 0 Å². The number of rotatable bonds is 9. The lowest BCUT2D eigenvalue weighted by atomic mass is 9.79. The summed E-state index contributed by atoms with van der Waals surface area (Å²) in [5.74, 6) is -0.115. The quantitative estimate of drug-likeness (QED) is 0.399. The maximum Gasteiger partial charge on any atom is 0.212 e. The molecule has 0 bridgehead atoms. The smallest absolute Gasteiger partial charge is 0.212 e. The molecule has 0 saturated heterocycles. The SMILES string of the molecule is O=S(=O)(CCc1ccccc1)N[C@H](c1ccccc1)C(O)(c1cccnc1)c1cccnc1. The van der Waals surface area contributed by atoms with E-state index in [0.29, 0.717) is 23.1 Å². The van der Waals surface area contributed by atoms with E-state index in [-0.39, 0.29) is 5.75 Å². The van der Waals surface area contributed by atoms with Crippen molar-refractivity contribution in [1.82, 2.24) is 14.7 Å². The Hall–Kier alpha value is -3.39. The van der Waals surface area contributed by atoms with E-state index in [1.54, 1.807) is 61.2 Å². The molecule has 0 fully saturated rings. The fourth-order valence-electron chi connectivity index (χ4n) is 3.85. The van der Waals surface area contributed by atoms with E-state index in [4.69, 9.17) is 0 Å². The van der Waals surface area contributed by atoms with Crippen molar-refractivity contribution in [1.29, 1.82) is 0 Å². The van der Waals surface area contributed by atoms with E-state index in [1.807, 2.05) is 48.5 Å². The van der Waals surface area contributed by atoms with E-state index in [0.717, 1.165) is 5.56 Å². The van der Waals surface area contributed by atoms with E-state index >= 15 is 0 Å². The van der Waals surface area contributed by atoms with Gasteiger partial charge >= 0.3 is 0 Å². The summed E-state index contributed by atoms with van der Waals surface area (Å²) in [4.78, 5) is 8.33. The van der Waals surface area contributed by atoms with Crippen LogP contribution in [-0.2, 0) is 22.0 Å². The number of nitrogens with zero attached hydrogens (tertiary/aromatic N) is 2. The van der Waals surface area contributed by atoms with Gasteiger partial charge in [0, 0.05) is 35.9 Å². The molecule has 0 aliphatic heterocycles. The van der Waals surface area contributed by atoms with Gasteiger partial charge in [-0.05, 0) is 29.7 Å². The summed E-state index contributed by atoms with van der Waals surface area (Å²) in [6.45, 7) is 0. The molecule has 7 heteroatoms. The first-order valence-corrected chi connectivity index (χ1v) is 12.3. The van der Waals surface area contributed by atoms with Crippen LogP contribution in [0.15, 0.2) is 110 Å². The van der Waals surface area contributed by atoms with Crippen molar-refractivity contribution >= 4 is 10.0 Å². The van der Waals surface area contributed by atoms with Crippen molar-refractivity contribution in [2.45, 2.75) is 18.1 Å². The second-order valence-corrected chi connectivity index (χ2v) is 9.64. The molecule has 168 valence electrons. The standard InChI is InChI=1S/C26H25N3O3S/c30-26(23-13-7-16-27-19-23,24-14-8-17-28-20-24)25(22-11-5-2-6-12-22)29-33(31,32)18-15-21-9-3-1-4-10-21/h1-14,16-17,19-20,25,29-30H,15,18H2/t25-/m1/s1. The summed E-state index contributed by atoms with van der Waals surface area (Å²) in [6, 6.07) is 24.4. The first-order chi connectivity index (χ1) is 16.0. The second kappa shape index (κ2) is 10.0. The summed E-state index contributed by atoms with van der Waals surface area (Å²) in [5, 5.41) is 12.2. The van der Waals surface area contributed by atoms with Gasteiger partial charge in [0.15, 0.2) is 0 Å². The number of nitrogens with one attached hydrogen (secondary N) is 1. The van der Waals surface area contributed by atoms with Gasteiger partial charge in [0.05, 0.1) is 11.8 Å². The number of aromatic nitrogens is 2. The Labute approximate surface area is 194 Å². The summed E-state index contributed by atoms with van der Waals surface area (Å²) in [5.41, 5.74) is 0.712. The summed E-state index contributed by atoms with van der Waals surface area (Å²) in [7, 11) is -3.78. The van der Waals surface area contributed by atoms with Crippen LogP contribution in [0.3, 0.4) is 0 Å². The molecule has 0 saturated carbocycles. The average Bonchev–Trinajstić information content (AvgIpc) is 2.88. The number of hydrogen-bond donors (Lipinski definition) is 2. The number of sulfonamides is 1. The first-order valence-electron chi connectivity index (χ1n) is 10.6. The third kappa shape index (κ3) is 5.34. The minimum Gasteiger partial charge on any atom is -0.378 e. The normalized spacial score (nSPS) is 12.9. The van der Waals surface area contributed by atoms with Crippen molar-refractivity contribution < 1.29 is 13.5 Å². The molecular formula is C26H25N3O3S. The van der Waals surface area contributed by atoms with Gasteiger partial charge in [-0.3, -0.25) is 9.97 Å². The van der Waals surface area contributed by atoms with Gasteiger partial charge in [0.2, 0.25) is 10.0 Å². The summed E-state index contributed by atoms with van der Waals surface area (Å²) >= 11 is 0. The Kier molecular flexibility index (Phi) is 6.93. The molecule has 2 N–H and O–H groups in total. The molecular weight excluding hydrogens is 434 g/mol. The van der Waals surface area contributed by atoms with Gasteiger partial charge < -0.3 is 5.11 Å². The van der Waals surface area contributed by atoms with Crippen LogP contribution >= 0.6 is 0 Å². The second-order valence-electron chi connectivity index (χ2n) is 7.77. The highest BCUT2D eigenvalue weighted by molar-refractivity contribution is 7.89. The zero-order valence-corrected chi connectivity index (χ0v) is 18.8. The number of aliphatic hydroxyl groups is 1. The Balaban J connectivity index is 1.77. The lowest BCUT2D eigenvalue weighted by molar-refractivity contribution is 0.0442. The lowest BCUT2D eigenvalue weighted by Crippen LogP contribution is -2.46. The van der Waals surface area contributed by atoms with Gasteiger partial charge in [-0.1, -0.05) is 72.8 Å². The Morgan fingerprint density at radius 2 is 1.33 bits per heavy atom. The number of aryl methyl sites for hydroxylation is 1. The first kappa shape index (κ1) is 22.8. The molecule has 2 aromatic heterocycles. The Bertz CT molecular complexity index is 1210. The van der Waals surface area contributed by atoms with Crippen LogP contribution in [0.1, 0.15) is 28.3 Å². The molecule has 0 unspecified atom stereocenters.